The number of pyridine rings is 1. The average molecular weight is 403 g/mol. The van der Waals surface area contributed by atoms with Gasteiger partial charge in [0.05, 0.1) is 22.6 Å². The van der Waals surface area contributed by atoms with Crippen LogP contribution in [-0.2, 0) is 11.0 Å². The zero-order valence-corrected chi connectivity index (χ0v) is 19.3. The second kappa shape index (κ2) is 8.64. The highest BCUT2D eigenvalue weighted by Gasteiger charge is 2.57. The van der Waals surface area contributed by atoms with Crippen LogP contribution in [0.15, 0.2) is 49.2 Å². The molecule has 1 aromatic heterocycles. The lowest BCUT2D eigenvalue weighted by atomic mass is 9.60. The second-order valence-corrected chi connectivity index (χ2v) is 8.81. The molecule has 0 N–H and O–H groups in total. The normalized spacial score (nSPS) is 22.0. The zero-order chi connectivity index (χ0) is 21.9. The minimum atomic E-state index is -0.211. The number of aromatic nitrogens is 1. The molecule has 0 fully saturated rings. The van der Waals surface area contributed by atoms with Crippen molar-refractivity contribution in [3.05, 3.63) is 60.3 Å². The van der Waals surface area contributed by atoms with Crippen molar-refractivity contribution in [3.8, 4) is 17.3 Å². The number of benzene rings is 1. The minimum absolute atomic E-state index is 0.0982. The van der Waals surface area contributed by atoms with Gasteiger partial charge in [-0.2, -0.15) is 9.83 Å². The molecular formula is C27H36N3+. The van der Waals surface area contributed by atoms with Gasteiger partial charge >= 0.3 is 0 Å². The molecule has 1 aromatic carbocycles. The maximum Gasteiger partial charge on any atom is 0.215 e. The molecule has 0 saturated carbocycles. The van der Waals surface area contributed by atoms with Gasteiger partial charge in [0, 0.05) is 37.8 Å². The number of hydrogen-bond donors (Lipinski definition) is 0. The predicted octanol–water partition coefficient (Wildman–Crippen LogP) is 6.11. The van der Waals surface area contributed by atoms with Gasteiger partial charge in [0.15, 0.2) is 11.7 Å². The van der Waals surface area contributed by atoms with Gasteiger partial charge in [-0.3, -0.25) is 0 Å². The average Bonchev–Trinajstić information content (AvgIpc) is 2.79. The van der Waals surface area contributed by atoms with Crippen molar-refractivity contribution in [1.29, 1.82) is 5.26 Å². The molecule has 2 aromatic rings. The van der Waals surface area contributed by atoms with Crippen LogP contribution in [0, 0.1) is 11.3 Å². The van der Waals surface area contributed by atoms with Crippen LogP contribution in [0.1, 0.15) is 70.9 Å². The van der Waals surface area contributed by atoms with Crippen molar-refractivity contribution in [2.45, 2.75) is 70.8 Å². The van der Waals surface area contributed by atoms with E-state index in [0.717, 1.165) is 19.4 Å². The molecule has 3 nitrogen and oxygen atoms in total. The zero-order valence-electron chi connectivity index (χ0n) is 19.3. The van der Waals surface area contributed by atoms with E-state index in [1.54, 1.807) is 0 Å². The molecule has 0 spiro atoms. The topological polar surface area (TPSA) is 30.9 Å². The first-order chi connectivity index (χ1) is 14.4. The number of anilines is 1. The Labute approximate surface area is 182 Å². The quantitative estimate of drug-likeness (QED) is 0.303. The second-order valence-electron chi connectivity index (χ2n) is 8.81. The number of nitrogens with zero attached hydrogens (tertiary/aromatic N) is 3. The molecule has 158 valence electrons. The van der Waals surface area contributed by atoms with Gasteiger partial charge in [-0.25, -0.2) is 0 Å². The summed E-state index contributed by atoms with van der Waals surface area (Å²) in [5, 5.41) is 9.55. The third-order valence-corrected chi connectivity index (χ3v) is 7.46. The van der Waals surface area contributed by atoms with Gasteiger partial charge in [0.2, 0.25) is 5.69 Å². The van der Waals surface area contributed by atoms with Crippen LogP contribution in [0.2, 0.25) is 0 Å². The molecule has 2 atom stereocenters. The molecule has 0 aliphatic carbocycles. The van der Waals surface area contributed by atoms with E-state index in [1.165, 1.54) is 41.8 Å². The molecule has 2 heterocycles. The largest absolute Gasteiger partial charge is 0.374 e. The number of hydrogen-bond acceptors (Lipinski definition) is 2. The van der Waals surface area contributed by atoms with Gasteiger partial charge in [-0.15, -0.1) is 0 Å². The van der Waals surface area contributed by atoms with Gasteiger partial charge in [0.1, 0.15) is 0 Å². The van der Waals surface area contributed by atoms with Gasteiger partial charge in [0.25, 0.3) is 0 Å². The highest BCUT2D eigenvalue weighted by Crippen LogP contribution is 2.50. The summed E-state index contributed by atoms with van der Waals surface area (Å²) in [5.74, 6) is 0. The Hall–Kier alpha value is -2.60. The number of nitriles is 1. The van der Waals surface area contributed by atoms with Crippen LogP contribution in [0.5, 0.6) is 0 Å². The summed E-state index contributed by atoms with van der Waals surface area (Å²) in [4.78, 5) is 2.35. The summed E-state index contributed by atoms with van der Waals surface area (Å²) in [5.41, 5.74) is 5.29. The van der Waals surface area contributed by atoms with Crippen molar-refractivity contribution >= 4 is 5.69 Å². The van der Waals surface area contributed by atoms with E-state index < -0.39 is 0 Å². The van der Waals surface area contributed by atoms with Crippen molar-refractivity contribution in [2.24, 2.45) is 0 Å². The third kappa shape index (κ3) is 3.23. The maximum atomic E-state index is 9.55. The van der Waals surface area contributed by atoms with Crippen LogP contribution >= 0.6 is 0 Å². The predicted molar refractivity (Wildman–Crippen MR) is 126 cm³/mol. The SMILES string of the molecule is C=CC1(CC)[n+]2ccc(N(C)CCCCC)cc2-c2cc(C#N)ccc2C1(C)CC. The van der Waals surface area contributed by atoms with Crippen LogP contribution in [-0.4, -0.2) is 13.6 Å². The third-order valence-electron chi connectivity index (χ3n) is 7.46. The monoisotopic (exact) mass is 402 g/mol. The summed E-state index contributed by atoms with van der Waals surface area (Å²) >= 11 is 0. The Morgan fingerprint density at radius 1 is 1.13 bits per heavy atom. The molecule has 2 unspecified atom stereocenters. The Morgan fingerprint density at radius 3 is 2.50 bits per heavy atom. The number of allylic oxidation sites excluding steroid dienone is 1. The molecule has 1 aliphatic rings. The molecule has 0 saturated heterocycles. The van der Waals surface area contributed by atoms with Crippen LogP contribution in [0.3, 0.4) is 0 Å². The number of unbranched alkanes of at least 4 members (excludes halogenated alkanes) is 2. The first kappa shape index (κ1) is 22.1. The van der Waals surface area contributed by atoms with Gasteiger partial charge in [-0.1, -0.05) is 46.3 Å². The smallest absolute Gasteiger partial charge is 0.215 e. The summed E-state index contributed by atoms with van der Waals surface area (Å²) < 4.78 is 2.41. The Balaban J connectivity index is 2.25. The van der Waals surface area contributed by atoms with Gasteiger partial charge in [-0.05, 0) is 43.5 Å². The number of fused-ring (bicyclic) bond motifs is 3. The fourth-order valence-corrected chi connectivity index (χ4v) is 5.34. The lowest BCUT2D eigenvalue weighted by molar-refractivity contribution is -0.756. The molecule has 0 bridgehead atoms. The summed E-state index contributed by atoms with van der Waals surface area (Å²) in [6.07, 6.45) is 10.0. The van der Waals surface area contributed by atoms with Gasteiger partial charge < -0.3 is 4.90 Å². The minimum Gasteiger partial charge on any atom is -0.374 e. The summed E-state index contributed by atoms with van der Waals surface area (Å²) in [7, 11) is 2.17. The lowest BCUT2D eigenvalue weighted by Gasteiger charge is -2.46. The fraction of sp³-hybridized carbons (Fsp3) is 0.481. The lowest BCUT2D eigenvalue weighted by Crippen LogP contribution is -2.68. The molecule has 0 radical (unpaired) electrons. The van der Waals surface area contributed by atoms with Crippen LogP contribution in [0.25, 0.3) is 11.3 Å². The first-order valence-corrected chi connectivity index (χ1v) is 11.4. The van der Waals surface area contributed by atoms with E-state index in [9.17, 15) is 5.26 Å². The fourth-order valence-electron chi connectivity index (χ4n) is 5.34. The summed E-state index contributed by atoms with van der Waals surface area (Å²) in [6.45, 7) is 14.5. The maximum absolute atomic E-state index is 9.55. The van der Waals surface area contributed by atoms with E-state index >= 15 is 0 Å². The van der Waals surface area contributed by atoms with Crippen molar-refractivity contribution < 1.29 is 4.57 Å². The Bertz CT molecular complexity index is 971. The van der Waals surface area contributed by atoms with E-state index in [1.807, 2.05) is 6.07 Å². The molecule has 30 heavy (non-hydrogen) atoms. The van der Waals surface area contributed by atoms with E-state index in [4.69, 9.17) is 0 Å². The van der Waals surface area contributed by atoms with Crippen LogP contribution < -0.4 is 9.47 Å². The highest BCUT2D eigenvalue weighted by molar-refractivity contribution is 5.70. The molecule has 1 aliphatic heterocycles. The number of rotatable bonds is 8. The molecule has 3 rings (SSSR count). The standard InChI is InChI=1S/C27H36N3/c1-7-11-12-16-29(6)22-15-17-30-25(19-22)23-18-21(20-28)13-14-24(23)26(5,8-2)27(30,9-3)10-4/h9,13-15,17-19H,3,7-8,10-12,16H2,1-2,4-6H3/q+1. The molecule has 3 heteroatoms. The highest BCUT2D eigenvalue weighted by atomic mass is 15.1. The van der Waals surface area contributed by atoms with Crippen molar-refractivity contribution in [2.75, 3.05) is 18.5 Å². The van der Waals surface area contributed by atoms with E-state index in [-0.39, 0.29) is 11.0 Å². The Morgan fingerprint density at radius 2 is 1.90 bits per heavy atom. The van der Waals surface area contributed by atoms with Crippen molar-refractivity contribution in [3.63, 3.8) is 0 Å². The molecule has 0 amide bonds. The van der Waals surface area contributed by atoms with E-state index in [0.29, 0.717) is 5.56 Å². The van der Waals surface area contributed by atoms with E-state index in [2.05, 4.69) is 93.4 Å². The Kier molecular flexibility index (Phi) is 6.36. The summed E-state index contributed by atoms with van der Waals surface area (Å²) in [6, 6.07) is 13.1. The van der Waals surface area contributed by atoms with Crippen molar-refractivity contribution in [1.82, 2.24) is 0 Å². The first-order valence-electron chi connectivity index (χ1n) is 11.4. The van der Waals surface area contributed by atoms with Crippen LogP contribution in [0.4, 0.5) is 5.69 Å². The molecular weight excluding hydrogens is 366 g/mol.